The highest BCUT2D eigenvalue weighted by Gasteiger charge is 2.40. The summed E-state index contributed by atoms with van der Waals surface area (Å²) < 4.78 is 0. The highest BCUT2D eigenvalue weighted by molar-refractivity contribution is 5.52. The molecule has 0 spiro atoms. The maximum absolute atomic E-state index is 10.6. The number of likely N-dealkylation sites (N-methyl/N-ethyl adjacent to an activating group) is 1. The van der Waals surface area contributed by atoms with Crippen molar-refractivity contribution in [2.24, 2.45) is 10.3 Å². The van der Waals surface area contributed by atoms with E-state index in [0.717, 1.165) is 18.8 Å². The molecule has 18 heavy (non-hydrogen) atoms. The lowest BCUT2D eigenvalue weighted by molar-refractivity contribution is -0.384. The van der Waals surface area contributed by atoms with Gasteiger partial charge >= 0.3 is 0 Å². The Labute approximate surface area is 104 Å². The largest absolute Gasteiger partial charge is 0.302 e. The topological polar surface area (TPSA) is 74.3 Å². The van der Waals surface area contributed by atoms with Gasteiger partial charge in [-0.2, -0.15) is 5.11 Å². The summed E-state index contributed by atoms with van der Waals surface area (Å²) in [4.78, 5) is 12.4. The summed E-state index contributed by atoms with van der Waals surface area (Å²) in [5.41, 5.74) is 0.946. The van der Waals surface area contributed by atoms with Crippen molar-refractivity contribution < 1.29 is 4.92 Å². The van der Waals surface area contributed by atoms with Crippen LogP contribution in [-0.4, -0.2) is 42.0 Å². The molecule has 0 amide bonds. The Kier molecular flexibility index (Phi) is 2.48. The fourth-order valence-electron chi connectivity index (χ4n) is 2.47. The van der Waals surface area contributed by atoms with E-state index in [9.17, 15) is 10.1 Å². The molecule has 0 saturated carbocycles. The number of nitrogens with zero attached hydrogens (tertiary/aromatic N) is 5. The molecule has 0 N–H and O–H groups in total. The van der Waals surface area contributed by atoms with Gasteiger partial charge in [-0.1, -0.05) is 5.22 Å². The predicted molar refractivity (Wildman–Crippen MR) is 65.5 cm³/mol. The third kappa shape index (κ3) is 1.72. The zero-order chi connectivity index (χ0) is 12.7. The van der Waals surface area contributed by atoms with Crippen LogP contribution in [0.1, 0.15) is 0 Å². The van der Waals surface area contributed by atoms with E-state index in [2.05, 4.69) is 22.3 Å². The quantitative estimate of drug-likeness (QED) is 0.585. The zero-order valence-electron chi connectivity index (χ0n) is 9.93. The monoisotopic (exact) mass is 247 g/mol. The molecule has 2 aliphatic rings. The van der Waals surface area contributed by atoms with Crippen molar-refractivity contribution in [3.8, 4) is 0 Å². The lowest BCUT2D eigenvalue weighted by Crippen LogP contribution is -2.34. The number of hydrogen-bond acceptors (Lipinski definition) is 6. The number of hydrogen-bond donors (Lipinski definition) is 0. The Balaban J connectivity index is 1.83. The number of likely N-dealkylation sites (tertiary alicyclic amines) is 1. The highest BCUT2D eigenvalue weighted by atomic mass is 16.6. The molecule has 2 atom stereocenters. The van der Waals surface area contributed by atoms with Gasteiger partial charge in [-0.25, -0.2) is 5.01 Å². The molecule has 3 rings (SSSR count). The van der Waals surface area contributed by atoms with E-state index in [0.29, 0.717) is 0 Å². The van der Waals surface area contributed by atoms with Crippen LogP contribution in [0.4, 0.5) is 11.4 Å². The van der Waals surface area contributed by atoms with Crippen molar-refractivity contribution in [3.63, 3.8) is 0 Å². The van der Waals surface area contributed by atoms with Gasteiger partial charge in [0.15, 0.2) is 0 Å². The van der Waals surface area contributed by atoms with Gasteiger partial charge in [-0.05, 0) is 19.2 Å². The molecule has 2 heterocycles. The molecular formula is C11H13N5O2. The lowest BCUT2D eigenvalue weighted by Gasteiger charge is -2.20. The van der Waals surface area contributed by atoms with Crippen LogP contribution in [-0.2, 0) is 0 Å². The maximum Gasteiger partial charge on any atom is 0.269 e. The number of nitro benzene ring substituents is 1. The van der Waals surface area contributed by atoms with E-state index in [-0.39, 0.29) is 17.8 Å². The first-order valence-corrected chi connectivity index (χ1v) is 5.78. The minimum Gasteiger partial charge on any atom is -0.302 e. The fraction of sp³-hybridized carbons (Fsp3) is 0.455. The minimum absolute atomic E-state index is 0.0926. The fourth-order valence-corrected chi connectivity index (χ4v) is 2.47. The molecule has 0 unspecified atom stereocenters. The Hall–Kier alpha value is -2.02. The smallest absolute Gasteiger partial charge is 0.269 e. The molecule has 2 aliphatic heterocycles. The third-order valence-corrected chi connectivity index (χ3v) is 3.38. The highest BCUT2D eigenvalue weighted by Crippen LogP contribution is 2.30. The summed E-state index contributed by atoms with van der Waals surface area (Å²) in [5.74, 6) is 0. The standard InChI is InChI=1S/C11H13N5O2/c1-14-6-10-11(7-14)15(13-12-10)8-2-4-9(5-3-8)16(17)18/h2-5,10-11H,6-7H2,1H3/t10-,11+/m0/s1. The van der Waals surface area contributed by atoms with Crippen molar-refractivity contribution >= 4 is 11.4 Å². The summed E-state index contributed by atoms with van der Waals surface area (Å²) in [7, 11) is 2.06. The van der Waals surface area contributed by atoms with E-state index < -0.39 is 4.92 Å². The van der Waals surface area contributed by atoms with Gasteiger partial charge in [0.25, 0.3) is 5.69 Å². The van der Waals surface area contributed by atoms with Crippen LogP contribution in [0.3, 0.4) is 0 Å². The van der Waals surface area contributed by atoms with Crippen molar-refractivity contribution in [3.05, 3.63) is 34.4 Å². The third-order valence-electron chi connectivity index (χ3n) is 3.38. The van der Waals surface area contributed by atoms with Crippen LogP contribution in [0.15, 0.2) is 34.6 Å². The van der Waals surface area contributed by atoms with Crippen LogP contribution >= 0.6 is 0 Å². The maximum atomic E-state index is 10.6. The number of anilines is 1. The Bertz CT molecular complexity index is 501. The number of rotatable bonds is 2. The molecule has 0 radical (unpaired) electrons. The minimum atomic E-state index is -0.401. The molecule has 1 aromatic carbocycles. The predicted octanol–water partition coefficient (Wildman–Crippen LogP) is 1.46. The van der Waals surface area contributed by atoms with Gasteiger partial charge in [-0.3, -0.25) is 10.1 Å². The van der Waals surface area contributed by atoms with Gasteiger partial charge in [0.1, 0.15) is 6.04 Å². The summed E-state index contributed by atoms with van der Waals surface area (Å²) >= 11 is 0. The summed E-state index contributed by atoms with van der Waals surface area (Å²) in [6, 6.07) is 6.89. The molecule has 0 aliphatic carbocycles. The molecule has 7 nitrogen and oxygen atoms in total. The molecule has 94 valence electrons. The second-order valence-corrected chi connectivity index (χ2v) is 4.68. The Morgan fingerprint density at radius 1 is 1.33 bits per heavy atom. The van der Waals surface area contributed by atoms with E-state index in [1.54, 1.807) is 12.1 Å². The first kappa shape index (κ1) is 11.1. The molecule has 7 heteroatoms. The summed E-state index contributed by atoms with van der Waals surface area (Å²) in [6.07, 6.45) is 0. The van der Waals surface area contributed by atoms with E-state index >= 15 is 0 Å². The van der Waals surface area contributed by atoms with Gasteiger partial charge < -0.3 is 4.90 Å². The Morgan fingerprint density at radius 2 is 2.06 bits per heavy atom. The van der Waals surface area contributed by atoms with Gasteiger partial charge in [0.05, 0.1) is 16.7 Å². The molecule has 1 fully saturated rings. The first-order chi connectivity index (χ1) is 8.65. The molecule has 1 aromatic rings. The van der Waals surface area contributed by atoms with Crippen molar-refractivity contribution in [1.29, 1.82) is 0 Å². The zero-order valence-corrected chi connectivity index (χ0v) is 9.93. The first-order valence-electron chi connectivity index (χ1n) is 5.78. The van der Waals surface area contributed by atoms with E-state index in [1.807, 2.05) is 5.01 Å². The molecule has 1 saturated heterocycles. The Morgan fingerprint density at radius 3 is 2.72 bits per heavy atom. The van der Waals surface area contributed by atoms with Crippen LogP contribution in [0.2, 0.25) is 0 Å². The van der Waals surface area contributed by atoms with Gasteiger partial charge in [0, 0.05) is 25.2 Å². The average Bonchev–Trinajstić information content (AvgIpc) is 2.88. The van der Waals surface area contributed by atoms with Crippen LogP contribution in [0.25, 0.3) is 0 Å². The molecular weight excluding hydrogens is 234 g/mol. The SMILES string of the molecule is CN1C[C@@H]2N=NN(c3ccc([N+](=O)[O-])cc3)[C@@H]2C1. The number of nitro groups is 1. The lowest BCUT2D eigenvalue weighted by atomic mass is 10.1. The van der Waals surface area contributed by atoms with Crippen molar-refractivity contribution in [1.82, 2.24) is 4.90 Å². The van der Waals surface area contributed by atoms with E-state index in [1.165, 1.54) is 12.1 Å². The average molecular weight is 247 g/mol. The molecule has 0 bridgehead atoms. The molecule has 0 aromatic heterocycles. The van der Waals surface area contributed by atoms with Crippen LogP contribution in [0, 0.1) is 10.1 Å². The number of fused-ring (bicyclic) bond motifs is 1. The van der Waals surface area contributed by atoms with Gasteiger partial charge in [-0.15, -0.1) is 0 Å². The summed E-state index contributed by atoms with van der Waals surface area (Å²) in [5, 5.41) is 20.9. The second-order valence-electron chi connectivity index (χ2n) is 4.68. The second kappa shape index (κ2) is 4.02. The van der Waals surface area contributed by atoms with Crippen molar-refractivity contribution in [2.45, 2.75) is 12.1 Å². The van der Waals surface area contributed by atoms with Crippen LogP contribution in [0.5, 0.6) is 0 Å². The number of non-ortho nitro benzene ring substituents is 1. The van der Waals surface area contributed by atoms with Gasteiger partial charge in [0.2, 0.25) is 0 Å². The van der Waals surface area contributed by atoms with E-state index in [4.69, 9.17) is 0 Å². The normalized spacial score (nSPS) is 26.6. The van der Waals surface area contributed by atoms with Crippen molar-refractivity contribution in [2.75, 3.05) is 25.1 Å². The summed E-state index contributed by atoms with van der Waals surface area (Å²) in [6.45, 7) is 1.83. The number of benzene rings is 1. The van der Waals surface area contributed by atoms with Crippen LogP contribution < -0.4 is 5.01 Å².